The molecule has 2 bridgehead atoms. The Morgan fingerprint density at radius 2 is 2.04 bits per heavy atom. The molecule has 150 valence electrons. The predicted molar refractivity (Wildman–Crippen MR) is 103 cm³/mol. The predicted octanol–water partition coefficient (Wildman–Crippen LogP) is 1.37. The zero-order valence-electron chi connectivity index (χ0n) is 16.9. The van der Waals surface area contributed by atoms with Gasteiger partial charge in [0.2, 0.25) is 11.8 Å². The standard InChI is InChI=1S/C21H33N3O3/c1-4-15(5-2)13-24-14-21-8-7-16(27-21)17(18(21)20(24)26)19(25)23-10-6-9-22(3)11-12-23/h7-8,15-18H,4-6,9-14H2,1-3H3/t16-,17-,18+,21-/m0/s1. The average Bonchev–Trinajstić information content (AvgIpc) is 3.23. The maximum Gasteiger partial charge on any atom is 0.230 e. The highest BCUT2D eigenvalue weighted by Gasteiger charge is 2.67. The van der Waals surface area contributed by atoms with E-state index < -0.39 is 5.60 Å². The fourth-order valence-corrected chi connectivity index (χ4v) is 5.35. The molecule has 0 radical (unpaired) electrons. The number of amides is 2. The highest BCUT2D eigenvalue weighted by molar-refractivity contribution is 5.93. The van der Waals surface area contributed by atoms with Crippen LogP contribution in [0.15, 0.2) is 12.2 Å². The molecule has 0 aliphatic carbocycles. The summed E-state index contributed by atoms with van der Waals surface area (Å²) in [6.45, 7) is 9.17. The van der Waals surface area contributed by atoms with Crippen LogP contribution in [0.5, 0.6) is 0 Å². The minimum atomic E-state index is -0.573. The van der Waals surface area contributed by atoms with Gasteiger partial charge in [-0.2, -0.15) is 0 Å². The Morgan fingerprint density at radius 1 is 1.26 bits per heavy atom. The van der Waals surface area contributed by atoms with Crippen molar-refractivity contribution in [3.63, 3.8) is 0 Å². The van der Waals surface area contributed by atoms with Crippen molar-refractivity contribution >= 4 is 11.8 Å². The first kappa shape index (κ1) is 18.9. The van der Waals surface area contributed by atoms with Gasteiger partial charge in [0.15, 0.2) is 0 Å². The Kier molecular flexibility index (Phi) is 5.06. The second-order valence-corrected chi connectivity index (χ2v) is 8.78. The largest absolute Gasteiger partial charge is 0.360 e. The monoisotopic (exact) mass is 375 g/mol. The number of nitrogens with zero attached hydrogens (tertiary/aromatic N) is 3. The number of likely N-dealkylation sites (N-methyl/N-ethyl adjacent to an activating group) is 1. The van der Waals surface area contributed by atoms with E-state index in [0.717, 1.165) is 52.0 Å². The van der Waals surface area contributed by atoms with Gasteiger partial charge in [-0.3, -0.25) is 9.59 Å². The van der Waals surface area contributed by atoms with Crippen molar-refractivity contribution in [2.24, 2.45) is 17.8 Å². The van der Waals surface area contributed by atoms with E-state index >= 15 is 0 Å². The van der Waals surface area contributed by atoms with Gasteiger partial charge in [-0.25, -0.2) is 0 Å². The van der Waals surface area contributed by atoms with Gasteiger partial charge >= 0.3 is 0 Å². The van der Waals surface area contributed by atoms with Crippen molar-refractivity contribution in [3.05, 3.63) is 12.2 Å². The molecule has 4 aliphatic rings. The molecule has 4 aliphatic heterocycles. The minimum absolute atomic E-state index is 0.115. The summed E-state index contributed by atoms with van der Waals surface area (Å²) in [6, 6.07) is 0. The summed E-state index contributed by atoms with van der Waals surface area (Å²) in [4.78, 5) is 32.9. The van der Waals surface area contributed by atoms with Crippen LogP contribution in [-0.4, -0.2) is 84.5 Å². The second-order valence-electron chi connectivity index (χ2n) is 8.78. The van der Waals surface area contributed by atoms with E-state index in [1.807, 2.05) is 15.9 Å². The first-order chi connectivity index (χ1) is 13.0. The molecule has 3 fully saturated rings. The number of rotatable bonds is 5. The van der Waals surface area contributed by atoms with Crippen LogP contribution in [0.25, 0.3) is 0 Å². The highest BCUT2D eigenvalue weighted by atomic mass is 16.5. The van der Waals surface area contributed by atoms with Crippen LogP contribution >= 0.6 is 0 Å². The zero-order valence-corrected chi connectivity index (χ0v) is 16.9. The second kappa shape index (κ2) is 7.21. The van der Waals surface area contributed by atoms with Crippen molar-refractivity contribution in [1.29, 1.82) is 0 Å². The molecule has 0 aromatic rings. The van der Waals surface area contributed by atoms with Gasteiger partial charge in [-0.15, -0.1) is 0 Å². The van der Waals surface area contributed by atoms with E-state index in [9.17, 15) is 9.59 Å². The van der Waals surface area contributed by atoms with Gasteiger partial charge in [-0.05, 0) is 25.9 Å². The molecule has 6 nitrogen and oxygen atoms in total. The summed E-state index contributed by atoms with van der Waals surface area (Å²) in [7, 11) is 2.10. The molecule has 0 aromatic heterocycles. The summed E-state index contributed by atoms with van der Waals surface area (Å²) < 4.78 is 6.28. The van der Waals surface area contributed by atoms with Crippen molar-refractivity contribution < 1.29 is 14.3 Å². The molecule has 0 saturated carbocycles. The van der Waals surface area contributed by atoms with Gasteiger partial charge in [0.25, 0.3) is 0 Å². The van der Waals surface area contributed by atoms with Crippen LogP contribution < -0.4 is 0 Å². The summed E-state index contributed by atoms with van der Waals surface area (Å²) >= 11 is 0. The lowest BCUT2D eigenvalue weighted by atomic mass is 9.76. The molecule has 6 heteroatoms. The molecule has 0 N–H and O–H groups in total. The first-order valence-electron chi connectivity index (χ1n) is 10.6. The van der Waals surface area contributed by atoms with E-state index in [0.29, 0.717) is 12.5 Å². The molecule has 2 amide bonds. The lowest BCUT2D eigenvalue weighted by Gasteiger charge is -2.29. The molecule has 4 atom stereocenters. The van der Waals surface area contributed by atoms with Crippen LogP contribution in [-0.2, 0) is 14.3 Å². The zero-order chi connectivity index (χ0) is 19.2. The summed E-state index contributed by atoms with van der Waals surface area (Å²) in [5.74, 6) is 0.0666. The molecular weight excluding hydrogens is 342 g/mol. The van der Waals surface area contributed by atoms with E-state index in [-0.39, 0.29) is 29.8 Å². The van der Waals surface area contributed by atoms with Crippen molar-refractivity contribution in [1.82, 2.24) is 14.7 Å². The Hall–Kier alpha value is -1.40. The molecule has 27 heavy (non-hydrogen) atoms. The maximum absolute atomic E-state index is 13.4. The number of carbonyl (C=O) groups is 2. The summed E-state index contributed by atoms with van der Waals surface area (Å²) in [6.07, 6.45) is 6.98. The maximum atomic E-state index is 13.4. The molecular formula is C21H33N3O3. The summed E-state index contributed by atoms with van der Waals surface area (Å²) in [5, 5.41) is 0. The SMILES string of the molecule is CCC(CC)CN1C[C@]23C=C[C@H](O2)[C@H](C(=O)N2CCCN(C)CC2)[C@@H]3C1=O. The van der Waals surface area contributed by atoms with Crippen molar-refractivity contribution in [3.8, 4) is 0 Å². The lowest BCUT2D eigenvalue weighted by Crippen LogP contribution is -2.47. The smallest absolute Gasteiger partial charge is 0.230 e. The third-order valence-corrected chi connectivity index (χ3v) is 7.13. The minimum Gasteiger partial charge on any atom is -0.360 e. The quantitative estimate of drug-likeness (QED) is 0.681. The van der Waals surface area contributed by atoms with Crippen LogP contribution in [0.2, 0.25) is 0 Å². The average molecular weight is 376 g/mol. The fraction of sp³-hybridized carbons (Fsp3) is 0.810. The Morgan fingerprint density at radius 3 is 2.78 bits per heavy atom. The summed E-state index contributed by atoms with van der Waals surface area (Å²) in [5.41, 5.74) is -0.573. The Balaban J connectivity index is 1.53. The molecule has 4 rings (SSSR count). The molecule has 0 unspecified atom stereocenters. The van der Waals surface area contributed by atoms with E-state index in [1.54, 1.807) is 0 Å². The van der Waals surface area contributed by atoms with Gasteiger partial charge in [-0.1, -0.05) is 38.8 Å². The number of hydrogen-bond donors (Lipinski definition) is 0. The van der Waals surface area contributed by atoms with Gasteiger partial charge < -0.3 is 19.4 Å². The van der Waals surface area contributed by atoms with Gasteiger partial charge in [0.05, 0.1) is 24.5 Å². The Labute approximate surface area is 162 Å². The van der Waals surface area contributed by atoms with Crippen LogP contribution in [0, 0.1) is 17.8 Å². The highest BCUT2D eigenvalue weighted by Crippen LogP contribution is 2.52. The van der Waals surface area contributed by atoms with Crippen LogP contribution in [0.1, 0.15) is 33.1 Å². The van der Waals surface area contributed by atoms with Crippen molar-refractivity contribution in [2.45, 2.75) is 44.8 Å². The number of ether oxygens (including phenoxy) is 1. The number of hydrogen-bond acceptors (Lipinski definition) is 4. The topological polar surface area (TPSA) is 53.1 Å². The molecule has 1 spiro atoms. The van der Waals surface area contributed by atoms with Crippen LogP contribution in [0.4, 0.5) is 0 Å². The molecule has 4 heterocycles. The third kappa shape index (κ3) is 3.11. The van der Waals surface area contributed by atoms with Gasteiger partial charge in [0.1, 0.15) is 5.60 Å². The van der Waals surface area contributed by atoms with E-state index in [1.165, 1.54) is 0 Å². The molecule has 3 saturated heterocycles. The number of likely N-dealkylation sites (tertiary alicyclic amines) is 1. The Bertz CT molecular complexity index is 632. The van der Waals surface area contributed by atoms with Crippen LogP contribution in [0.3, 0.4) is 0 Å². The fourth-order valence-electron chi connectivity index (χ4n) is 5.35. The number of carbonyl (C=O) groups excluding carboxylic acids is 2. The third-order valence-electron chi connectivity index (χ3n) is 7.13. The normalized spacial score (nSPS) is 36.0. The van der Waals surface area contributed by atoms with E-state index in [4.69, 9.17) is 4.74 Å². The van der Waals surface area contributed by atoms with Gasteiger partial charge in [0, 0.05) is 26.2 Å². The van der Waals surface area contributed by atoms with Crippen molar-refractivity contribution in [2.75, 3.05) is 46.3 Å². The number of fused-ring (bicyclic) bond motifs is 1. The molecule has 0 aromatic carbocycles. The first-order valence-corrected chi connectivity index (χ1v) is 10.6. The lowest BCUT2D eigenvalue weighted by molar-refractivity contribution is -0.143. The van der Waals surface area contributed by atoms with E-state index in [2.05, 4.69) is 31.9 Å².